The summed E-state index contributed by atoms with van der Waals surface area (Å²) in [4.78, 5) is 34.0. The van der Waals surface area contributed by atoms with Crippen molar-refractivity contribution in [2.45, 2.75) is 59.7 Å². The van der Waals surface area contributed by atoms with Crippen LogP contribution in [-0.2, 0) is 17.8 Å². The summed E-state index contributed by atoms with van der Waals surface area (Å²) in [5, 5.41) is 3.05. The third-order valence-corrected chi connectivity index (χ3v) is 9.39. The Morgan fingerprint density at radius 2 is 1.85 bits per heavy atom. The molecule has 0 saturated carbocycles. The van der Waals surface area contributed by atoms with Gasteiger partial charge in [-0.05, 0) is 98.1 Å². The number of hydrogen-bond acceptors (Lipinski definition) is 6. The van der Waals surface area contributed by atoms with Crippen LogP contribution in [0.5, 0.6) is 0 Å². The molecule has 0 atom stereocenters. The highest BCUT2D eigenvalue weighted by Crippen LogP contribution is 2.35. The van der Waals surface area contributed by atoms with Crippen LogP contribution in [0.25, 0.3) is 11.1 Å². The molecule has 0 aliphatic carbocycles. The molecule has 218 valence electrons. The number of H-pyrrole nitrogens is 1. The van der Waals surface area contributed by atoms with Gasteiger partial charge >= 0.3 is 0 Å². The van der Waals surface area contributed by atoms with E-state index < -0.39 is 0 Å². The molecule has 2 N–H and O–H groups in total. The minimum Gasteiger partial charge on any atom is -0.369 e. The number of hydrogen-bond donors (Lipinski definition) is 2. The fourth-order valence-electron chi connectivity index (χ4n) is 6.02. The lowest BCUT2D eigenvalue weighted by Crippen LogP contribution is -2.38. The monoisotopic (exact) mass is 574 g/mol. The van der Waals surface area contributed by atoms with Crippen molar-refractivity contribution in [3.8, 4) is 11.1 Å². The second-order valence-electron chi connectivity index (χ2n) is 11.2. The van der Waals surface area contributed by atoms with Gasteiger partial charge in [-0.25, -0.2) is 0 Å². The normalized spacial score (nSPS) is 16.2. The molecule has 8 heteroatoms. The Morgan fingerprint density at radius 3 is 2.51 bits per heavy atom. The smallest absolute Gasteiger partial charge is 0.253 e. The van der Waals surface area contributed by atoms with Gasteiger partial charge < -0.3 is 19.9 Å². The quantitative estimate of drug-likeness (QED) is 0.356. The van der Waals surface area contributed by atoms with E-state index in [0.717, 1.165) is 72.7 Å². The van der Waals surface area contributed by atoms with Crippen molar-refractivity contribution in [3.63, 3.8) is 0 Å². The van der Waals surface area contributed by atoms with Crippen LogP contribution in [-0.4, -0.2) is 59.8 Å². The van der Waals surface area contributed by atoms with Crippen LogP contribution >= 0.6 is 11.8 Å². The van der Waals surface area contributed by atoms with E-state index in [2.05, 4.69) is 64.3 Å². The van der Waals surface area contributed by atoms with Crippen molar-refractivity contribution >= 4 is 23.4 Å². The van der Waals surface area contributed by atoms with E-state index in [1.807, 2.05) is 37.7 Å². The first kappa shape index (κ1) is 29.4. The van der Waals surface area contributed by atoms with Gasteiger partial charge in [-0.2, -0.15) is 11.8 Å². The molecule has 2 saturated heterocycles. The maximum Gasteiger partial charge on any atom is 0.253 e. The van der Waals surface area contributed by atoms with Crippen molar-refractivity contribution < 1.29 is 9.53 Å². The maximum absolute atomic E-state index is 13.7. The molecule has 2 aliphatic rings. The molecule has 1 aromatic heterocycles. The molecule has 1 amide bonds. The van der Waals surface area contributed by atoms with E-state index in [-0.39, 0.29) is 18.0 Å². The first-order chi connectivity index (χ1) is 19.8. The van der Waals surface area contributed by atoms with Gasteiger partial charge in [0.2, 0.25) is 0 Å². The summed E-state index contributed by atoms with van der Waals surface area (Å²) < 4.78 is 5.49. The number of benzene rings is 2. The molecule has 3 heterocycles. The van der Waals surface area contributed by atoms with E-state index in [0.29, 0.717) is 23.9 Å². The Labute approximate surface area is 247 Å². The molecule has 2 aliphatic heterocycles. The largest absolute Gasteiger partial charge is 0.369 e. The summed E-state index contributed by atoms with van der Waals surface area (Å²) in [6, 6.07) is 15.3. The van der Waals surface area contributed by atoms with Crippen LogP contribution in [0.15, 0.2) is 47.3 Å². The fraction of sp³-hybridized carbons (Fsp3) is 0.455. The molecule has 0 bridgehead atoms. The third kappa shape index (κ3) is 6.88. The zero-order valence-electron chi connectivity index (χ0n) is 24.7. The molecule has 0 unspecified atom stereocenters. The number of aromatic nitrogens is 1. The van der Waals surface area contributed by atoms with Crippen LogP contribution < -0.4 is 15.8 Å². The van der Waals surface area contributed by atoms with Crippen molar-refractivity contribution in [1.29, 1.82) is 0 Å². The second-order valence-corrected chi connectivity index (χ2v) is 12.4. The van der Waals surface area contributed by atoms with Gasteiger partial charge in [0.15, 0.2) is 0 Å². The van der Waals surface area contributed by atoms with Crippen LogP contribution in [0.3, 0.4) is 0 Å². The highest BCUT2D eigenvalue weighted by molar-refractivity contribution is 7.99. The number of pyridine rings is 1. The minimum absolute atomic E-state index is 0.151. The van der Waals surface area contributed by atoms with Gasteiger partial charge in [0, 0.05) is 54.7 Å². The van der Waals surface area contributed by atoms with E-state index in [1.165, 1.54) is 17.1 Å². The molecule has 5 rings (SSSR count). The van der Waals surface area contributed by atoms with Gasteiger partial charge in [0.05, 0.1) is 13.3 Å². The zero-order chi connectivity index (χ0) is 28.9. The summed E-state index contributed by atoms with van der Waals surface area (Å²) in [6.07, 6.45) is 2.29. The predicted octanol–water partition coefficient (Wildman–Crippen LogP) is 5.41. The van der Waals surface area contributed by atoms with Crippen LogP contribution in [0.2, 0.25) is 0 Å². The van der Waals surface area contributed by atoms with Gasteiger partial charge in [-0.15, -0.1) is 0 Å². The summed E-state index contributed by atoms with van der Waals surface area (Å²) in [5.74, 6) is 2.17. The average Bonchev–Trinajstić information content (AvgIpc) is 3.48. The Morgan fingerprint density at radius 1 is 1.10 bits per heavy atom. The summed E-state index contributed by atoms with van der Waals surface area (Å²) in [6.45, 7) is 12.4. The Kier molecular flexibility index (Phi) is 9.53. The first-order valence-electron chi connectivity index (χ1n) is 14.7. The Bertz CT molecular complexity index is 1420. The molecule has 7 nitrogen and oxygen atoms in total. The number of thioether (sulfide) groups is 1. The van der Waals surface area contributed by atoms with Crippen LogP contribution in [0, 0.1) is 20.8 Å². The number of nitrogens with zero attached hydrogens (tertiary/aromatic N) is 2. The number of aryl methyl sites for hydroxylation is 2. The molecule has 2 aromatic carbocycles. The van der Waals surface area contributed by atoms with Crippen molar-refractivity contribution in [2.24, 2.45) is 0 Å². The van der Waals surface area contributed by atoms with E-state index in [9.17, 15) is 9.59 Å². The standard InChI is InChI=1S/C33H42N4O3S/c1-5-37(28-10-14-41-15-11-28)31-18-27(26-8-6-25(7-9-26)20-36-12-13-40-21-36)17-29(24(31)4)32(38)34-19-30-22(2)16-23(3)35-33(30)39/h6-9,16-18,28H,5,10-15,19-21H2,1-4H3,(H,34,38)(H,35,39). The number of rotatable bonds is 9. The summed E-state index contributed by atoms with van der Waals surface area (Å²) in [5.41, 5.74) is 8.25. The van der Waals surface area contributed by atoms with Crippen LogP contribution in [0.4, 0.5) is 5.69 Å². The molecular formula is C33H42N4O3S. The van der Waals surface area contributed by atoms with Crippen LogP contribution in [0.1, 0.15) is 58.1 Å². The van der Waals surface area contributed by atoms with E-state index in [4.69, 9.17) is 4.74 Å². The summed E-state index contributed by atoms with van der Waals surface area (Å²) >= 11 is 2.02. The lowest BCUT2D eigenvalue weighted by molar-refractivity contribution is 0.0950. The molecule has 0 spiro atoms. The lowest BCUT2D eigenvalue weighted by atomic mass is 9.95. The topological polar surface area (TPSA) is 77.7 Å². The molecular weight excluding hydrogens is 532 g/mol. The molecule has 3 aromatic rings. The van der Waals surface area contributed by atoms with Crippen molar-refractivity contribution in [1.82, 2.24) is 15.2 Å². The maximum atomic E-state index is 13.7. The van der Waals surface area contributed by atoms with Crippen molar-refractivity contribution in [3.05, 3.63) is 86.3 Å². The van der Waals surface area contributed by atoms with Gasteiger partial charge in [0.1, 0.15) is 0 Å². The number of carbonyl (C=O) groups is 1. The summed E-state index contributed by atoms with van der Waals surface area (Å²) in [7, 11) is 0. The van der Waals surface area contributed by atoms with Gasteiger partial charge in [0.25, 0.3) is 11.5 Å². The number of carbonyl (C=O) groups excluding carboxylic acids is 1. The first-order valence-corrected chi connectivity index (χ1v) is 15.9. The Balaban J connectivity index is 1.47. The van der Waals surface area contributed by atoms with Crippen molar-refractivity contribution in [2.75, 3.05) is 42.8 Å². The number of amides is 1. The number of anilines is 1. The second kappa shape index (κ2) is 13.3. The molecule has 2 fully saturated rings. The number of aromatic amines is 1. The van der Waals surface area contributed by atoms with Gasteiger partial charge in [-0.1, -0.05) is 24.3 Å². The zero-order valence-corrected chi connectivity index (χ0v) is 25.5. The number of nitrogens with one attached hydrogen (secondary N) is 2. The van der Waals surface area contributed by atoms with E-state index >= 15 is 0 Å². The number of ether oxygens (including phenoxy) is 1. The highest BCUT2D eigenvalue weighted by atomic mass is 32.2. The molecule has 41 heavy (non-hydrogen) atoms. The van der Waals surface area contributed by atoms with Gasteiger partial charge in [-0.3, -0.25) is 14.5 Å². The fourth-order valence-corrected chi connectivity index (χ4v) is 7.11. The lowest BCUT2D eigenvalue weighted by Gasteiger charge is -2.37. The van der Waals surface area contributed by atoms with E-state index in [1.54, 1.807) is 0 Å². The Hall–Kier alpha value is -3.07. The predicted molar refractivity (Wildman–Crippen MR) is 169 cm³/mol. The SMILES string of the molecule is CCN(c1cc(-c2ccc(CN3CCOC3)cc2)cc(C(=O)NCc2c(C)cc(C)[nH]c2=O)c1C)C1CCSCC1. The third-order valence-electron chi connectivity index (χ3n) is 8.35. The highest BCUT2D eigenvalue weighted by Gasteiger charge is 2.25. The minimum atomic E-state index is -0.161. The molecule has 0 radical (unpaired) electrons. The average molecular weight is 575 g/mol.